The molecule has 0 fully saturated rings. The zero-order valence-electron chi connectivity index (χ0n) is 15.2. The molecular formula is C20H22N4O2. The van der Waals surface area contributed by atoms with E-state index in [-0.39, 0.29) is 17.4 Å². The molecule has 0 radical (unpaired) electrons. The van der Waals surface area contributed by atoms with E-state index in [4.69, 9.17) is 0 Å². The molecule has 0 unspecified atom stereocenters. The number of hydrogen-bond acceptors (Lipinski definition) is 4. The summed E-state index contributed by atoms with van der Waals surface area (Å²) >= 11 is 0. The molecule has 0 atom stereocenters. The molecule has 3 rings (SSSR count). The average Bonchev–Trinajstić information content (AvgIpc) is 2.64. The second-order valence-corrected chi connectivity index (χ2v) is 6.79. The molecule has 0 N–H and O–H groups in total. The molecule has 1 aromatic carbocycles. The van der Waals surface area contributed by atoms with Crippen LogP contribution in [0.15, 0.2) is 53.6 Å². The van der Waals surface area contributed by atoms with Crippen molar-refractivity contribution in [2.75, 3.05) is 7.05 Å². The number of nitrogens with zero attached hydrogens (tertiary/aromatic N) is 4. The van der Waals surface area contributed by atoms with Crippen molar-refractivity contribution < 1.29 is 4.79 Å². The maximum Gasteiger partial charge on any atom is 0.274 e. The smallest absolute Gasteiger partial charge is 0.274 e. The van der Waals surface area contributed by atoms with Crippen LogP contribution in [0.3, 0.4) is 0 Å². The van der Waals surface area contributed by atoms with E-state index < -0.39 is 0 Å². The summed E-state index contributed by atoms with van der Waals surface area (Å²) in [4.78, 5) is 31.3. The molecule has 2 aromatic heterocycles. The second kappa shape index (κ2) is 7.47. The van der Waals surface area contributed by atoms with Crippen LogP contribution < -0.4 is 5.56 Å². The number of rotatable bonds is 5. The number of fused-ring (bicyclic) bond motifs is 1. The minimum absolute atomic E-state index is 0.164. The summed E-state index contributed by atoms with van der Waals surface area (Å²) in [5.41, 5.74) is 1.12. The van der Waals surface area contributed by atoms with Gasteiger partial charge in [-0.25, -0.2) is 4.68 Å². The number of carbonyl (C=O) groups is 1. The highest BCUT2D eigenvalue weighted by molar-refractivity contribution is 6.04. The summed E-state index contributed by atoms with van der Waals surface area (Å²) in [5.74, 6) is 0.0365. The topological polar surface area (TPSA) is 68.1 Å². The maximum absolute atomic E-state index is 13.0. The maximum atomic E-state index is 13.0. The minimum atomic E-state index is -0.212. The quantitative estimate of drug-likeness (QED) is 0.709. The lowest BCUT2D eigenvalue weighted by atomic mass is 10.1. The first kappa shape index (κ1) is 17.8. The van der Waals surface area contributed by atoms with Gasteiger partial charge in [0.15, 0.2) is 5.69 Å². The van der Waals surface area contributed by atoms with Gasteiger partial charge in [0.2, 0.25) is 0 Å². The van der Waals surface area contributed by atoms with Gasteiger partial charge in [0.1, 0.15) is 0 Å². The van der Waals surface area contributed by atoms with E-state index in [9.17, 15) is 9.59 Å². The Morgan fingerprint density at radius 1 is 1.12 bits per heavy atom. The number of hydrogen-bond donors (Lipinski definition) is 0. The third kappa shape index (κ3) is 3.64. The summed E-state index contributed by atoms with van der Waals surface area (Å²) in [6, 6.07) is 10.9. The van der Waals surface area contributed by atoms with Crippen molar-refractivity contribution in [2.45, 2.75) is 26.9 Å². The van der Waals surface area contributed by atoms with Crippen molar-refractivity contribution in [3.05, 3.63) is 70.4 Å². The van der Waals surface area contributed by atoms with E-state index in [1.165, 1.54) is 4.68 Å². The van der Waals surface area contributed by atoms with Crippen molar-refractivity contribution in [1.29, 1.82) is 0 Å². The zero-order chi connectivity index (χ0) is 18.7. The standard InChI is InChI=1S/C20H22N4O2/c1-14(2)12-24-19(25)17-7-5-4-6-16(17)18(22-24)20(26)23(3)13-15-8-10-21-11-9-15/h4-11,14H,12-13H2,1-3H3. The summed E-state index contributed by atoms with van der Waals surface area (Å²) in [6.07, 6.45) is 3.40. The molecule has 1 amide bonds. The fourth-order valence-electron chi connectivity index (χ4n) is 2.88. The first-order chi connectivity index (χ1) is 12.5. The van der Waals surface area contributed by atoms with E-state index in [2.05, 4.69) is 10.1 Å². The van der Waals surface area contributed by atoms with Gasteiger partial charge in [-0.2, -0.15) is 5.10 Å². The van der Waals surface area contributed by atoms with Gasteiger partial charge in [0.05, 0.1) is 5.39 Å². The highest BCUT2D eigenvalue weighted by Gasteiger charge is 2.20. The Hall–Kier alpha value is -3.02. The zero-order valence-corrected chi connectivity index (χ0v) is 15.2. The van der Waals surface area contributed by atoms with E-state index in [1.54, 1.807) is 42.5 Å². The van der Waals surface area contributed by atoms with E-state index >= 15 is 0 Å². The van der Waals surface area contributed by atoms with Crippen molar-refractivity contribution in [3.63, 3.8) is 0 Å². The van der Waals surface area contributed by atoms with Gasteiger partial charge >= 0.3 is 0 Å². The van der Waals surface area contributed by atoms with Gasteiger partial charge in [0, 0.05) is 37.9 Å². The van der Waals surface area contributed by atoms with Crippen LogP contribution in [0.4, 0.5) is 0 Å². The Bertz CT molecular complexity index is 980. The summed E-state index contributed by atoms with van der Waals surface area (Å²) in [6.45, 7) is 4.94. The molecule has 0 aliphatic rings. The molecule has 6 heteroatoms. The van der Waals surface area contributed by atoms with Crippen LogP contribution in [0, 0.1) is 5.92 Å². The van der Waals surface area contributed by atoms with Crippen molar-refractivity contribution in [2.24, 2.45) is 5.92 Å². The fourth-order valence-corrected chi connectivity index (χ4v) is 2.88. The first-order valence-corrected chi connectivity index (χ1v) is 8.61. The monoisotopic (exact) mass is 350 g/mol. The molecule has 0 saturated heterocycles. The Balaban J connectivity index is 2.04. The molecule has 134 valence electrons. The lowest BCUT2D eigenvalue weighted by molar-refractivity contribution is 0.0778. The van der Waals surface area contributed by atoms with E-state index in [0.29, 0.717) is 29.6 Å². The molecule has 0 aliphatic carbocycles. The van der Waals surface area contributed by atoms with E-state index in [1.807, 2.05) is 32.0 Å². The van der Waals surface area contributed by atoms with Gasteiger partial charge in [-0.05, 0) is 29.7 Å². The van der Waals surface area contributed by atoms with E-state index in [0.717, 1.165) is 5.56 Å². The Labute approximate surface area is 152 Å². The largest absolute Gasteiger partial charge is 0.336 e. The van der Waals surface area contributed by atoms with Gasteiger partial charge in [0.25, 0.3) is 11.5 Å². The van der Waals surface area contributed by atoms with Gasteiger partial charge < -0.3 is 4.90 Å². The summed E-state index contributed by atoms with van der Waals surface area (Å²) < 4.78 is 1.40. The average molecular weight is 350 g/mol. The van der Waals surface area contributed by atoms with Gasteiger partial charge in [-0.15, -0.1) is 0 Å². The molecule has 3 aromatic rings. The second-order valence-electron chi connectivity index (χ2n) is 6.79. The van der Waals surface area contributed by atoms with Crippen LogP contribution in [-0.4, -0.2) is 32.6 Å². The lowest BCUT2D eigenvalue weighted by Gasteiger charge is -2.19. The normalized spacial score (nSPS) is 11.1. The van der Waals surface area contributed by atoms with Crippen molar-refractivity contribution >= 4 is 16.7 Å². The molecule has 2 heterocycles. The lowest BCUT2D eigenvalue weighted by Crippen LogP contribution is -2.32. The molecular weight excluding hydrogens is 328 g/mol. The SMILES string of the molecule is CC(C)Cn1nc(C(=O)N(C)Cc2ccncc2)c2ccccc2c1=O. The van der Waals surface area contributed by atoms with Crippen LogP contribution in [0.5, 0.6) is 0 Å². The molecule has 0 aliphatic heterocycles. The highest BCUT2D eigenvalue weighted by Crippen LogP contribution is 2.16. The van der Waals surface area contributed by atoms with Crippen LogP contribution in [-0.2, 0) is 13.1 Å². The molecule has 6 nitrogen and oxygen atoms in total. The predicted octanol–water partition coefficient (Wildman–Crippen LogP) is 2.72. The van der Waals surface area contributed by atoms with Crippen molar-refractivity contribution in [3.8, 4) is 0 Å². The Morgan fingerprint density at radius 3 is 2.42 bits per heavy atom. The predicted molar refractivity (Wildman–Crippen MR) is 101 cm³/mol. The highest BCUT2D eigenvalue weighted by atomic mass is 16.2. The third-order valence-electron chi connectivity index (χ3n) is 4.12. The first-order valence-electron chi connectivity index (χ1n) is 8.61. The number of carbonyl (C=O) groups excluding carboxylic acids is 1. The molecule has 26 heavy (non-hydrogen) atoms. The van der Waals surface area contributed by atoms with Crippen LogP contribution >= 0.6 is 0 Å². The van der Waals surface area contributed by atoms with Crippen LogP contribution in [0.2, 0.25) is 0 Å². The van der Waals surface area contributed by atoms with Crippen LogP contribution in [0.25, 0.3) is 10.8 Å². The van der Waals surface area contributed by atoms with Gasteiger partial charge in [-0.1, -0.05) is 32.0 Å². The molecule has 0 saturated carbocycles. The molecule has 0 bridgehead atoms. The molecule has 0 spiro atoms. The number of amides is 1. The summed E-state index contributed by atoms with van der Waals surface area (Å²) in [7, 11) is 1.73. The number of pyridine rings is 1. The van der Waals surface area contributed by atoms with Crippen LogP contribution in [0.1, 0.15) is 29.9 Å². The third-order valence-corrected chi connectivity index (χ3v) is 4.12. The van der Waals surface area contributed by atoms with Gasteiger partial charge in [-0.3, -0.25) is 14.6 Å². The summed E-state index contributed by atoms with van der Waals surface area (Å²) in [5, 5.41) is 5.51. The minimum Gasteiger partial charge on any atom is -0.336 e. The Kier molecular flexibility index (Phi) is 5.11. The Morgan fingerprint density at radius 2 is 1.77 bits per heavy atom. The number of benzene rings is 1. The fraction of sp³-hybridized carbons (Fsp3) is 0.300. The number of aromatic nitrogens is 3. The van der Waals surface area contributed by atoms with Crippen molar-refractivity contribution in [1.82, 2.24) is 19.7 Å².